The van der Waals surface area contributed by atoms with E-state index in [4.69, 9.17) is 4.74 Å². The Morgan fingerprint density at radius 2 is 2.00 bits per heavy atom. The largest absolute Gasteiger partial charge is 0.385 e. The lowest BCUT2D eigenvalue weighted by Gasteiger charge is -2.08. The van der Waals surface area contributed by atoms with Gasteiger partial charge in [-0.05, 0) is 45.4 Å². The number of hydrogen-bond donors (Lipinski definition) is 1. The summed E-state index contributed by atoms with van der Waals surface area (Å²) >= 11 is 0. The molecule has 4 nitrogen and oxygen atoms in total. The van der Waals surface area contributed by atoms with Gasteiger partial charge >= 0.3 is 0 Å². The fraction of sp³-hybridized carbons (Fsp3) is 0.471. The molecule has 0 spiro atoms. The van der Waals surface area contributed by atoms with Crippen LogP contribution in [0.25, 0.3) is 5.69 Å². The van der Waals surface area contributed by atoms with Crippen LogP contribution >= 0.6 is 0 Å². The van der Waals surface area contributed by atoms with Crippen LogP contribution in [0, 0.1) is 25.5 Å². The first-order chi connectivity index (χ1) is 11.0. The second kappa shape index (κ2) is 8.17. The average molecular weight is 323 g/mol. The SMILES string of the molecule is COCCCCNCc1c(C)nn(-c2ccc(F)cc2F)c1C. The number of methoxy groups -OCH3 is 1. The van der Waals surface area contributed by atoms with Gasteiger partial charge in [-0.3, -0.25) is 0 Å². The number of unbranched alkanes of at least 4 members (excludes halogenated alkanes) is 1. The molecule has 2 rings (SSSR count). The van der Waals surface area contributed by atoms with E-state index in [2.05, 4.69) is 10.4 Å². The van der Waals surface area contributed by atoms with Crippen LogP contribution in [0.3, 0.4) is 0 Å². The normalized spacial score (nSPS) is 11.2. The lowest BCUT2D eigenvalue weighted by molar-refractivity contribution is 0.192. The van der Waals surface area contributed by atoms with E-state index < -0.39 is 11.6 Å². The zero-order valence-electron chi connectivity index (χ0n) is 13.8. The number of rotatable bonds is 8. The highest BCUT2D eigenvalue weighted by Gasteiger charge is 2.15. The first kappa shape index (κ1) is 17.6. The number of halogens is 2. The number of hydrogen-bond acceptors (Lipinski definition) is 3. The topological polar surface area (TPSA) is 39.1 Å². The van der Waals surface area contributed by atoms with Crippen LogP contribution in [0.1, 0.15) is 29.8 Å². The van der Waals surface area contributed by atoms with Gasteiger partial charge in [0.15, 0.2) is 5.82 Å². The fourth-order valence-electron chi connectivity index (χ4n) is 2.53. The van der Waals surface area contributed by atoms with Crippen LogP contribution in [0.5, 0.6) is 0 Å². The van der Waals surface area contributed by atoms with Crippen molar-refractivity contribution < 1.29 is 13.5 Å². The van der Waals surface area contributed by atoms with Crippen LogP contribution in [-0.2, 0) is 11.3 Å². The van der Waals surface area contributed by atoms with Gasteiger partial charge in [0.1, 0.15) is 11.5 Å². The molecule has 23 heavy (non-hydrogen) atoms. The highest BCUT2D eigenvalue weighted by Crippen LogP contribution is 2.20. The van der Waals surface area contributed by atoms with Crippen LogP contribution in [0.4, 0.5) is 8.78 Å². The summed E-state index contributed by atoms with van der Waals surface area (Å²) in [6.07, 6.45) is 2.05. The highest BCUT2D eigenvalue weighted by molar-refractivity contribution is 5.38. The molecule has 0 radical (unpaired) electrons. The molecule has 1 aromatic carbocycles. The summed E-state index contributed by atoms with van der Waals surface area (Å²) in [5.41, 5.74) is 3.01. The van der Waals surface area contributed by atoms with E-state index in [-0.39, 0.29) is 5.69 Å². The first-order valence-corrected chi connectivity index (χ1v) is 7.74. The van der Waals surface area contributed by atoms with Gasteiger partial charge in [0.25, 0.3) is 0 Å². The number of nitrogens with zero attached hydrogens (tertiary/aromatic N) is 2. The summed E-state index contributed by atoms with van der Waals surface area (Å²) in [4.78, 5) is 0. The van der Waals surface area contributed by atoms with E-state index >= 15 is 0 Å². The molecule has 0 fully saturated rings. The molecule has 0 aliphatic carbocycles. The second-order valence-corrected chi connectivity index (χ2v) is 5.53. The molecule has 0 unspecified atom stereocenters. The number of nitrogens with one attached hydrogen (secondary N) is 1. The van der Waals surface area contributed by atoms with Gasteiger partial charge in [-0.2, -0.15) is 5.10 Å². The Bertz CT molecular complexity index is 656. The molecule has 126 valence electrons. The third-order valence-corrected chi connectivity index (χ3v) is 3.83. The fourth-order valence-corrected chi connectivity index (χ4v) is 2.53. The average Bonchev–Trinajstić information content (AvgIpc) is 2.78. The second-order valence-electron chi connectivity index (χ2n) is 5.53. The maximum Gasteiger partial charge on any atom is 0.151 e. The Balaban J connectivity index is 2.07. The predicted molar refractivity (Wildman–Crippen MR) is 85.8 cm³/mol. The molecule has 6 heteroatoms. The van der Waals surface area contributed by atoms with Crippen molar-refractivity contribution in [1.82, 2.24) is 15.1 Å². The Morgan fingerprint density at radius 3 is 2.70 bits per heavy atom. The van der Waals surface area contributed by atoms with Gasteiger partial charge in [-0.25, -0.2) is 13.5 Å². The minimum Gasteiger partial charge on any atom is -0.385 e. The summed E-state index contributed by atoms with van der Waals surface area (Å²) in [7, 11) is 1.70. The van der Waals surface area contributed by atoms with Gasteiger partial charge in [0, 0.05) is 37.6 Å². The van der Waals surface area contributed by atoms with Crippen molar-refractivity contribution in [3.63, 3.8) is 0 Å². The third-order valence-electron chi connectivity index (χ3n) is 3.83. The van der Waals surface area contributed by atoms with E-state index in [1.807, 2.05) is 13.8 Å². The Hall–Kier alpha value is -1.79. The van der Waals surface area contributed by atoms with Crippen molar-refractivity contribution in [1.29, 1.82) is 0 Å². The quantitative estimate of drug-likeness (QED) is 0.758. The molecule has 0 atom stereocenters. The monoisotopic (exact) mass is 323 g/mol. The number of aromatic nitrogens is 2. The van der Waals surface area contributed by atoms with E-state index in [1.165, 1.54) is 16.8 Å². The van der Waals surface area contributed by atoms with Gasteiger partial charge in [-0.15, -0.1) is 0 Å². The molecular formula is C17H23F2N3O. The molecule has 0 saturated carbocycles. The number of benzene rings is 1. The van der Waals surface area contributed by atoms with Crippen LogP contribution in [-0.4, -0.2) is 30.0 Å². The molecule has 0 aliphatic heterocycles. The molecule has 0 aliphatic rings. The summed E-state index contributed by atoms with van der Waals surface area (Å²) in [5, 5.41) is 7.76. The third kappa shape index (κ3) is 4.36. The minimum atomic E-state index is -0.616. The Kier molecular flexibility index (Phi) is 6.24. The maximum absolute atomic E-state index is 14.0. The Labute approximate surface area is 135 Å². The molecule has 1 aromatic heterocycles. The van der Waals surface area contributed by atoms with Crippen molar-refractivity contribution in [2.45, 2.75) is 33.2 Å². The van der Waals surface area contributed by atoms with Crippen LogP contribution in [0.2, 0.25) is 0 Å². The summed E-state index contributed by atoms with van der Waals surface area (Å²) in [6, 6.07) is 3.52. The summed E-state index contributed by atoms with van der Waals surface area (Å²) in [5.74, 6) is -1.21. The van der Waals surface area contributed by atoms with Crippen LogP contribution in [0.15, 0.2) is 18.2 Å². The molecular weight excluding hydrogens is 300 g/mol. The van der Waals surface area contributed by atoms with Crippen molar-refractivity contribution in [2.24, 2.45) is 0 Å². The van der Waals surface area contributed by atoms with Gasteiger partial charge in [0.05, 0.1) is 5.69 Å². The predicted octanol–water partition coefficient (Wildman–Crippen LogP) is 3.28. The maximum atomic E-state index is 14.0. The van der Waals surface area contributed by atoms with Gasteiger partial charge in [0.2, 0.25) is 0 Å². The van der Waals surface area contributed by atoms with Crippen molar-refractivity contribution in [3.8, 4) is 5.69 Å². The van der Waals surface area contributed by atoms with Crippen molar-refractivity contribution in [3.05, 3.63) is 46.8 Å². The van der Waals surface area contributed by atoms with E-state index in [0.717, 1.165) is 49.0 Å². The lowest BCUT2D eigenvalue weighted by atomic mass is 10.2. The molecule has 1 N–H and O–H groups in total. The summed E-state index contributed by atoms with van der Waals surface area (Å²) in [6.45, 7) is 6.12. The number of ether oxygens (including phenoxy) is 1. The zero-order chi connectivity index (χ0) is 16.8. The van der Waals surface area contributed by atoms with Crippen LogP contribution < -0.4 is 5.32 Å². The highest BCUT2D eigenvalue weighted by atomic mass is 19.1. The van der Waals surface area contributed by atoms with E-state index in [0.29, 0.717) is 6.54 Å². The van der Waals surface area contributed by atoms with Gasteiger partial charge in [-0.1, -0.05) is 0 Å². The molecule has 0 saturated heterocycles. The summed E-state index contributed by atoms with van der Waals surface area (Å²) < 4.78 is 33.6. The standard InChI is InChI=1S/C17H23F2N3O/c1-12-15(11-20-8-4-5-9-23-3)13(2)22(21-12)17-7-6-14(18)10-16(17)19/h6-7,10,20H,4-5,8-9,11H2,1-3H3. The van der Waals surface area contributed by atoms with Crippen molar-refractivity contribution in [2.75, 3.05) is 20.3 Å². The molecule has 1 heterocycles. The first-order valence-electron chi connectivity index (χ1n) is 7.74. The zero-order valence-corrected chi connectivity index (χ0v) is 13.8. The van der Waals surface area contributed by atoms with Gasteiger partial charge < -0.3 is 10.1 Å². The lowest BCUT2D eigenvalue weighted by Crippen LogP contribution is -2.16. The number of aryl methyl sites for hydroxylation is 1. The molecule has 2 aromatic rings. The van der Waals surface area contributed by atoms with E-state index in [1.54, 1.807) is 7.11 Å². The Morgan fingerprint density at radius 1 is 1.22 bits per heavy atom. The molecule has 0 amide bonds. The minimum absolute atomic E-state index is 0.262. The van der Waals surface area contributed by atoms with E-state index in [9.17, 15) is 8.78 Å². The smallest absolute Gasteiger partial charge is 0.151 e. The van der Waals surface area contributed by atoms with Crippen molar-refractivity contribution >= 4 is 0 Å². The molecule has 0 bridgehead atoms.